The van der Waals surface area contributed by atoms with Gasteiger partial charge in [0, 0.05) is 25.7 Å². The van der Waals surface area contributed by atoms with Crippen LogP contribution in [0.1, 0.15) is 38.1 Å². The fourth-order valence-corrected chi connectivity index (χ4v) is 4.55. The molecule has 152 valence electrons. The number of amides is 1. The summed E-state index contributed by atoms with van der Waals surface area (Å²) in [6.45, 7) is 9.36. The number of hydrogen-bond acceptors (Lipinski definition) is 7. The van der Waals surface area contributed by atoms with Crippen LogP contribution >= 0.6 is 22.9 Å². The maximum absolute atomic E-state index is 12.3. The van der Waals surface area contributed by atoms with Gasteiger partial charge < -0.3 is 19.3 Å². The van der Waals surface area contributed by atoms with Crippen LogP contribution in [0.4, 0.5) is 9.93 Å². The number of piperazine rings is 1. The van der Waals surface area contributed by atoms with Gasteiger partial charge in [0.25, 0.3) is 0 Å². The molecule has 0 radical (unpaired) electrons. The van der Waals surface area contributed by atoms with Gasteiger partial charge in [-0.25, -0.2) is 14.6 Å². The first-order valence-corrected chi connectivity index (χ1v) is 10.2. The van der Waals surface area contributed by atoms with E-state index in [1.54, 1.807) is 17.0 Å². The number of ether oxygens (including phenoxy) is 2. The monoisotopic (exact) mass is 425 g/mol. The molecule has 1 atom stereocenters. The van der Waals surface area contributed by atoms with Crippen molar-refractivity contribution in [2.75, 3.05) is 31.6 Å². The topological polar surface area (TPSA) is 72.0 Å². The van der Waals surface area contributed by atoms with E-state index in [2.05, 4.69) is 9.88 Å². The van der Waals surface area contributed by atoms with Crippen molar-refractivity contribution in [1.29, 1.82) is 0 Å². The van der Waals surface area contributed by atoms with E-state index in [1.165, 1.54) is 18.4 Å². The summed E-state index contributed by atoms with van der Waals surface area (Å²) in [4.78, 5) is 32.7. The number of hydrogen-bond donors (Lipinski definition) is 0. The summed E-state index contributed by atoms with van der Waals surface area (Å²) >= 11 is 7.80. The Kier molecular flexibility index (Phi) is 5.72. The van der Waals surface area contributed by atoms with Gasteiger partial charge in [0.15, 0.2) is 5.13 Å². The van der Waals surface area contributed by atoms with Crippen LogP contribution in [0.2, 0.25) is 5.02 Å². The Bertz CT molecular complexity index is 908. The highest BCUT2D eigenvalue weighted by atomic mass is 35.5. The van der Waals surface area contributed by atoms with Crippen LogP contribution in [-0.2, 0) is 9.47 Å². The van der Waals surface area contributed by atoms with Gasteiger partial charge in [-0.1, -0.05) is 22.9 Å². The van der Waals surface area contributed by atoms with Crippen LogP contribution in [0.15, 0.2) is 12.1 Å². The lowest BCUT2D eigenvalue weighted by atomic mass is 10.2. The molecule has 0 spiro atoms. The van der Waals surface area contributed by atoms with Crippen molar-refractivity contribution in [3.05, 3.63) is 22.7 Å². The maximum Gasteiger partial charge on any atom is 0.410 e. The summed E-state index contributed by atoms with van der Waals surface area (Å²) in [6, 6.07) is 3.39. The Morgan fingerprint density at radius 1 is 1.29 bits per heavy atom. The zero-order valence-corrected chi connectivity index (χ0v) is 18.2. The standard InChI is InChI=1S/C19H24ClN3O4S/c1-11-10-22(18(25)27-19(2,3)4)6-7-23(11)17-21-15-13(20)8-12(16(24)26-5)9-14(15)28-17/h8-9,11H,6-7,10H2,1-5H3/t11-/m1/s1. The number of esters is 1. The van der Waals surface area contributed by atoms with Crippen LogP contribution in [-0.4, -0.2) is 60.3 Å². The molecule has 1 saturated heterocycles. The van der Waals surface area contributed by atoms with Crippen LogP contribution in [0.25, 0.3) is 10.2 Å². The summed E-state index contributed by atoms with van der Waals surface area (Å²) < 4.78 is 11.1. The van der Waals surface area contributed by atoms with Gasteiger partial charge in [0.05, 0.1) is 22.4 Å². The van der Waals surface area contributed by atoms with Gasteiger partial charge in [0.1, 0.15) is 11.1 Å². The average Bonchev–Trinajstić information content (AvgIpc) is 3.03. The van der Waals surface area contributed by atoms with Crippen LogP contribution in [0, 0.1) is 0 Å². The SMILES string of the molecule is COC(=O)c1cc(Cl)c2nc(N3CCN(C(=O)OC(C)(C)C)C[C@H]3C)sc2c1. The van der Waals surface area contributed by atoms with E-state index in [9.17, 15) is 9.59 Å². The van der Waals surface area contributed by atoms with Crippen molar-refractivity contribution in [2.24, 2.45) is 0 Å². The lowest BCUT2D eigenvalue weighted by Crippen LogP contribution is -2.54. The number of rotatable bonds is 2. The predicted octanol–water partition coefficient (Wildman–Crippen LogP) is 4.18. The van der Waals surface area contributed by atoms with E-state index in [-0.39, 0.29) is 12.1 Å². The number of benzene rings is 1. The highest BCUT2D eigenvalue weighted by Gasteiger charge is 2.31. The molecule has 2 aromatic rings. The average molecular weight is 426 g/mol. The van der Waals surface area contributed by atoms with Crippen molar-refractivity contribution in [1.82, 2.24) is 9.88 Å². The first-order valence-electron chi connectivity index (χ1n) is 9.02. The van der Waals surface area contributed by atoms with Crippen molar-refractivity contribution in [3.8, 4) is 0 Å². The molecule has 1 amide bonds. The fraction of sp³-hybridized carbons (Fsp3) is 0.526. The number of anilines is 1. The molecule has 1 fully saturated rings. The van der Waals surface area contributed by atoms with E-state index in [1.807, 2.05) is 27.7 Å². The van der Waals surface area contributed by atoms with Gasteiger partial charge >= 0.3 is 12.1 Å². The molecule has 3 rings (SSSR count). The molecule has 0 saturated carbocycles. The van der Waals surface area contributed by atoms with Crippen molar-refractivity contribution in [2.45, 2.75) is 39.3 Å². The third kappa shape index (κ3) is 4.33. The maximum atomic E-state index is 12.3. The summed E-state index contributed by atoms with van der Waals surface area (Å²) in [5.41, 5.74) is 0.549. The van der Waals surface area contributed by atoms with E-state index in [4.69, 9.17) is 21.1 Å². The Labute approximate surface area is 173 Å². The second kappa shape index (κ2) is 7.75. The number of nitrogens with zero attached hydrogens (tertiary/aromatic N) is 3. The fourth-order valence-electron chi connectivity index (χ4n) is 3.07. The van der Waals surface area contributed by atoms with Crippen molar-refractivity contribution in [3.63, 3.8) is 0 Å². The molecule has 9 heteroatoms. The normalized spacial score (nSPS) is 17.7. The molecule has 0 bridgehead atoms. The Balaban J connectivity index is 1.79. The summed E-state index contributed by atoms with van der Waals surface area (Å²) in [6.07, 6.45) is -0.297. The zero-order valence-electron chi connectivity index (χ0n) is 16.6. The number of halogens is 1. The number of carbonyl (C=O) groups excluding carboxylic acids is 2. The van der Waals surface area contributed by atoms with Gasteiger partial charge in [0.2, 0.25) is 0 Å². The molecule has 28 heavy (non-hydrogen) atoms. The number of thiazole rings is 1. The van der Waals surface area contributed by atoms with Gasteiger partial charge in [-0.05, 0) is 39.8 Å². The zero-order chi connectivity index (χ0) is 20.6. The molecular weight excluding hydrogens is 402 g/mol. The number of methoxy groups -OCH3 is 1. The summed E-state index contributed by atoms with van der Waals surface area (Å²) in [5, 5.41) is 1.23. The van der Waals surface area contributed by atoms with Crippen molar-refractivity contribution >= 4 is 50.3 Å². The van der Waals surface area contributed by atoms with Gasteiger partial charge in [-0.15, -0.1) is 0 Å². The Hall–Kier alpha value is -2.06. The van der Waals surface area contributed by atoms with E-state index >= 15 is 0 Å². The minimum atomic E-state index is -0.515. The second-order valence-electron chi connectivity index (χ2n) is 7.76. The van der Waals surface area contributed by atoms with Gasteiger partial charge in [-0.2, -0.15) is 0 Å². The Morgan fingerprint density at radius 2 is 2.00 bits per heavy atom. The lowest BCUT2D eigenvalue weighted by molar-refractivity contribution is 0.0218. The van der Waals surface area contributed by atoms with Crippen LogP contribution in [0.3, 0.4) is 0 Å². The molecule has 2 heterocycles. The summed E-state index contributed by atoms with van der Waals surface area (Å²) in [5.74, 6) is -0.432. The number of carbonyl (C=O) groups is 2. The predicted molar refractivity (Wildman–Crippen MR) is 111 cm³/mol. The third-order valence-electron chi connectivity index (χ3n) is 4.38. The molecule has 1 aromatic carbocycles. The first-order chi connectivity index (χ1) is 13.1. The second-order valence-corrected chi connectivity index (χ2v) is 9.18. The minimum absolute atomic E-state index is 0.0701. The molecule has 1 aromatic heterocycles. The largest absolute Gasteiger partial charge is 0.465 e. The first kappa shape index (κ1) is 20.7. The minimum Gasteiger partial charge on any atom is -0.465 e. The smallest absolute Gasteiger partial charge is 0.410 e. The van der Waals surface area contributed by atoms with Crippen LogP contribution < -0.4 is 4.90 Å². The number of fused-ring (bicyclic) bond motifs is 1. The molecule has 0 aliphatic carbocycles. The van der Waals surface area contributed by atoms with Crippen LogP contribution in [0.5, 0.6) is 0 Å². The van der Waals surface area contributed by atoms with E-state index < -0.39 is 11.6 Å². The highest BCUT2D eigenvalue weighted by molar-refractivity contribution is 7.22. The molecular formula is C19H24ClN3O4S. The highest BCUT2D eigenvalue weighted by Crippen LogP contribution is 2.35. The summed E-state index contributed by atoms with van der Waals surface area (Å²) in [7, 11) is 1.34. The van der Waals surface area contributed by atoms with Gasteiger partial charge in [-0.3, -0.25) is 0 Å². The molecule has 7 nitrogen and oxygen atoms in total. The van der Waals surface area contributed by atoms with E-state index in [0.29, 0.717) is 35.7 Å². The van der Waals surface area contributed by atoms with Crippen molar-refractivity contribution < 1.29 is 19.1 Å². The molecule has 1 aliphatic rings. The quantitative estimate of drug-likeness (QED) is 0.672. The third-order valence-corrected chi connectivity index (χ3v) is 5.71. The Morgan fingerprint density at radius 3 is 2.61 bits per heavy atom. The van der Waals surface area contributed by atoms with E-state index in [0.717, 1.165) is 9.83 Å². The number of aromatic nitrogens is 1. The molecule has 0 N–H and O–H groups in total. The lowest BCUT2D eigenvalue weighted by Gasteiger charge is -2.40. The molecule has 0 unspecified atom stereocenters. The molecule has 1 aliphatic heterocycles.